The average molecular weight is 385 g/mol. The van der Waals surface area contributed by atoms with E-state index in [2.05, 4.69) is 22.8 Å². The highest BCUT2D eigenvalue weighted by Crippen LogP contribution is 2.29. The molecule has 1 aliphatic rings. The number of amides is 2. The van der Waals surface area contributed by atoms with Crippen LogP contribution in [0.1, 0.15) is 30.0 Å². The molecule has 2 N–H and O–H groups in total. The predicted molar refractivity (Wildman–Crippen MR) is 109 cm³/mol. The van der Waals surface area contributed by atoms with E-state index < -0.39 is 0 Å². The van der Waals surface area contributed by atoms with Crippen LogP contribution in [0.15, 0.2) is 48.5 Å². The number of methoxy groups -OCH3 is 1. The fraction of sp³-hybridized carbons (Fsp3) is 0.333. The van der Waals surface area contributed by atoms with Gasteiger partial charge in [0.05, 0.1) is 24.7 Å². The molecule has 27 heavy (non-hydrogen) atoms. The molecule has 0 heterocycles. The standard InChI is InChI=1S/C21H24N2O3S/c1-26-17-11-9-16(10-12-17)22-20(24)13-27-14-21(25)23-19-8-4-6-15-5-2-3-7-18(15)19/h2-3,5,7,9-12,19H,4,6,8,13-14H2,1H3,(H,22,24)(H,23,25). The molecule has 5 nitrogen and oxygen atoms in total. The Bertz CT molecular complexity index is 792. The third-order valence-corrected chi connectivity index (χ3v) is 5.48. The lowest BCUT2D eigenvalue weighted by molar-refractivity contribution is -0.119. The molecule has 0 spiro atoms. The van der Waals surface area contributed by atoms with Gasteiger partial charge in [0.25, 0.3) is 0 Å². The Kier molecular flexibility index (Phi) is 6.76. The van der Waals surface area contributed by atoms with Crippen molar-refractivity contribution >= 4 is 29.3 Å². The summed E-state index contributed by atoms with van der Waals surface area (Å²) in [5.74, 6) is 1.10. The molecular formula is C21H24N2O3S. The van der Waals surface area contributed by atoms with Crippen LogP contribution < -0.4 is 15.4 Å². The minimum atomic E-state index is -0.124. The molecule has 1 aliphatic carbocycles. The Morgan fingerprint density at radius 3 is 2.59 bits per heavy atom. The van der Waals surface area contributed by atoms with Crippen LogP contribution in [0.25, 0.3) is 0 Å². The molecule has 0 saturated heterocycles. The number of thioether (sulfide) groups is 1. The first-order valence-electron chi connectivity index (χ1n) is 9.04. The van der Waals surface area contributed by atoms with Gasteiger partial charge in [-0.3, -0.25) is 9.59 Å². The van der Waals surface area contributed by atoms with Gasteiger partial charge in [-0.05, 0) is 54.7 Å². The molecule has 3 rings (SSSR count). The Morgan fingerprint density at radius 2 is 1.81 bits per heavy atom. The minimum Gasteiger partial charge on any atom is -0.497 e. The molecule has 0 bridgehead atoms. The topological polar surface area (TPSA) is 67.4 Å². The van der Waals surface area contributed by atoms with Crippen LogP contribution >= 0.6 is 11.8 Å². The van der Waals surface area contributed by atoms with E-state index in [0.717, 1.165) is 25.0 Å². The van der Waals surface area contributed by atoms with E-state index in [1.165, 1.54) is 22.9 Å². The van der Waals surface area contributed by atoms with Crippen molar-refractivity contribution in [1.82, 2.24) is 5.32 Å². The third-order valence-electron chi connectivity index (χ3n) is 4.54. The van der Waals surface area contributed by atoms with Crippen molar-refractivity contribution in [3.05, 3.63) is 59.7 Å². The third kappa shape index (κ3) is 5.50. The van der Waals surface area contributed by atoms with Gasteiger partial charge >= 0.3 is 0 Å². The molecule has 0 radical (unpaired) electrons. The summed E-state index contributed by atoms with van der Waals surface area (Å²) >= 11 is 1.32. The van der Waals surface area contributed by atoms with Crippen LogP contribution in [0.2, 0.25) is 0 Å². The molecule has 142 valence electrons. The predicted octanol–water partition coefficient (Wildman–Crippen LogP) is 3.56. The Labute approximate surface area is 163 Å². The van der Waals surface area contributed by atoms with Gasteiger partial charge in [0, 0.05) is 5.69 Å². The summed E-state index contributed by atoms with van der Waals surface area (Å²) in [7, 11) is 1.60. The number of nitrogens with one attached hydrogen (secondary N) is 2. The second-order valence-electron chi connectivity index (χ2n) is 6.48. The average Bonchev–Trinajstić information content (AvgIpc) is 2.69. The molecule has 1 unspecified atom stereocenters. The number of hydrogen-bond acceptors (Lipinski definition) is 4. The number of anilines is 1. The van der Waals surface area contributed by atoms with Crippen molar-refractivity contribution in [1.29, 1.82) is 0 Å². The lowest BCUT2D eigenvalue weighted by Crippen LogP contribution is -2.32. The summed E-state index contributed by atoms with van der Waals surface area (Å²) in [6, 6.07) is 15.5. The largest absolute Gasteiger partial charge is 0.497 e. The van der Waals surface area contributed by atoms with E-state index in [9.17, 15) is 9.59 Å². The first-order chi connectivity index (χ1) is 13.2. The van der Waals surface area contributed by atoms with Crippen LogP contribution in [0.3, 0.4) is 0 Å². The number of carbonyl (C=O) groups excluding carboxylic acids is 2. The molecule has 6 heteroatoms. The van der Waals surface area contributed by atoms with Gasteiger partial charge < -0.3 is 15.4 Å². The first kappa shape index (κ1) is 19.3. The second-order valence-corrected chi connectivity index (χ2v) is 7.47. The number of aryl methyl sites for hydroxylation is 1. The number of ether oxygens (including phenoxy) is 1. The summed E-state index contributed by atoms with van der Waals surface area (Å²) in [5.41, 5.74) is 3.25. The summed E-state index contributed by atoms with van der Waals surface area (Å²) in [4.78, 5) is 24.3. The zero-order chi connectivity index (χ0) is 19.1. The summed E-state index contributed by atoms with van der Waals surface area (Å²) in [6.07, 6.45) is 3.12. The van der Waals surface area contributed by atoms with E-state index in [0.29, 0.717) is 5.69 Å². The number of fused-ring (bicyclic) bond motifs is 1. The lowest BCUT2D eigenvalue weighted by atomic mass is 9.88. The van der Waals surface area contributed by atoms with Gasteiger partial charge in [-0.15, -0.1) is 11.8 Å². The summed E-state index contributed by atoms with van der Waals surface area (Å²) in [6.45, 7) is 0. The van der Waals surface area contributed by atoms with Gasteiger partial charge in [-0.25, -0.2) is 0 Å². The van der Waals surface area contributed by atoms with E-state index in [1.807, 2.05) is 12.1 Å². The van der Waals surface area contributed by atoms with Crippen LogP contribution in [0.5, 0.6) is 5.75 Å². The summed E-state index contributed by atoms with van der Waals surface area (Å²) < 4.78 is 5.09. The van der Waals surface area contributed by atoms with Gasteiger partial charge in [0.1, 0.15) is 5.75 Å². The van der Waals surface area contributed by atoms with Crippen molar-refractivity contribution < 1.29 is 14.3 Å². The van der Waals surface area contributed by atoms with Crippen molar-refractivity contribution in [2.75, 3.05) is 23.9 Å². The van der Waals surface area contributed by atoms with Gasteiger partial charge in [0.2, 0.25) is 11.8 Å². The van der Waals surface area contributed by atoms with Crippen LogP contribution in [0, 0.1) is 0 Å². The maximum atomic E-state index is 12.3. The molecule has 0 aliphatic heterocycles. The number of carbonyl (C=O) groups is 2. The highest BCUT2D eigenvalue weighted by atomic mass is 32.2. The van der Waals surface area contributed by atoms with Crippen LogP contribution in [-0.4, -0.2) is 30.4 Å². The minimum absolute atomic E-state index is 0.0287. The fourth-order valence-electron chi connectivity index (χ4n) is 3.25. The number of benzene rings is 2. The van der Waals surface area contributed by atoms with Crippen molar-refractivity contribution in [3.63, 3.8) is 0 Å². The molecule has 2 aromatic carbocycles. The quantitative estimate of drug-likeness (QED) is 0.766. The normalized spacial score (nSPS) is 15.5. The Morgan fingerprint density at radius 1 is 1.07 bits per heavy atom. The molecular weight excluding hydrogens is 360 g/mol. The smallest absolute Gasteiger partial charge is 0.234 e. The maximum Gasteiger partial charge on any atom is 0.234 e. The zero-order valence-corrected chi connectivity index (χ0v) is 16.2. The number of hydrogen-bond donors (Lipinski definition) is 2. The molecule has 0 fully saturated rings. The van der Waals surface area contributed by atoms with Crippen molar-refractivity contribution in [2.24, 2.45) is 0 Å². The highest BCUT2D eigenvalue weighted by molar-refractivity contribution is 8.00. The lowest BCUT2D eigenvalue weighted by Gasteiger charge is -2.26. The van der Waals surface area contributed by atoms with Crippen molar-refractivity contribution in [2.45, 2.75) is 25.3 Å². The fourth-order valence-corrected chi connectivity index (χ4v) is 3.88. The first-order valence-corrected chi connectivity index (χ1v) is 10.2. The highest BCUT2D eigenvalue weighted by Gasteiger charge is 2.21. The van der Waals surface area contributed by atoms with Crippen LogP contribution in [0.4, 0.5) is 5.69 Å². The zero-order valence-electron chi connectivity index (χ0n) is 15.4. The molecule has 0 saturated carbocycles. The van der Waals surface area contributed by atoms with E-state index in [-0.39, 0.29) is 29.4 Å². The van der Waals surface area contributed by atoms with Gasteiger partial charge in [-0.2, -0.15) is 0 Å². The maximum absolute atomic E-state index is 12.3. The van der Waals surface area contributed by atoms with Gasteiger partial charge in [-0.1, -0.05) is 24.3 Å². The van der Waals surface area contributed by atoms with Gasteiger partial charge in [0.15, 0.2) is 0 Å². The molecule has 0 aromatic heterocycles. The molecule has 2 amide bonds. The Balaban J connectivity index is 1.41. The van der Waals surface area contributed by atoms with Crippen LogP contribution in [-0.2, 0) is 16.0 Å². The van der Waals surface area contributed by atoms with E-state index in [1.54, 1.807) is 31.4 Å². The molecule has 2 aromatic rings. The summed E-state index contributed by atoms with van der Waals surface area (Å²) in [5, 5.41) is 5.92. The van der Waals surface area contributed by atoms with E-state index >= 15 is 0 Å². The Hall–Kier alpha value is -2.47. The van der Waals surface area contributed by atoms with E-state index in [4.69, 9.17) is 4.74 Å². The SMILES string of the molecule is COc1ccc(NC(=O)CSCC(=O)NC2CCCc3ccccc32)cc1. The second kappa shape index (κ2) is 9.46. The molecule has 1 atom stereocenters. The van der Waals surface area contributed by atoms with Crippen molar-refractivity contribution in [3.8, 4) is 5.75 Å². The number of rotatable bonds is 7. The monoisotopic (exact) mass is 384 g/mol.